The highest BCUT2D eigenvalue weighted by atomic mass is 35.5. The van der Waals surface area contributed by atoms with Crippen LogP contribution in [0.25, 0.3) is 6.08 Å². The number of halogens is 2. The number of thioether (sulfide) groups is 2. The molecule has 0 aromatic heterocycles. The lowest BCUT2D eigenvalue weighted by atomic mass is 10.2. The molecule has 0 N–H and O–H groups in total. The van der Waals surface area contributed by atoms with E-state index in [0.29, 0.717) is 24.9 Å². The first kappa shape index (κ1) is 14.7. The van der Waals surface area contributed by atoms with E-state index in [1.54, 1.807) is 24.3 Å². The van der Waals surface area contributed by atoms with Gasteiger partial charge in [0.05, 0.1) is 4.91 Å². The van der Waals surface area contributed by atoms with Gasteiger partial charge in [-0.05, 0) is 35.5 Å². The number of aliphatic imine (C=N–C) groups is 1. The van der Waals surface area contributed by atoms with Crippen LogP contribution in [-0.2, 0) is 9.59 Å². The van der Waals surface area contributed by atoms with Crippen molar-refractivity contribution in [3.05, 3.63) is 38.7 Å². The molecule has 0 bridgehead atoms. The van der Waals surface area contributed by atoms with Crippen LogP contribution in [-0.4, -0.2) is 15.4 Å². The standard InChI is InChI=1S/C12H7Cl2NO2S2/c1-6(16)18-12-15-11(17)10(19-12)4-7-2-3-8(13)5-9(7)14/h2-5H,1H3/b10-4+. The quantitative estimate of drug-likeness (QED) is 0.722. The molecular formula is C12H7Cl2NO2S2. The van der Waals surface area contributed by atoms with Crippen LogP contribution in [0.3, 0.4) is 0 Å². The van der Waals surface area contributed by atoms with E-state index in [1.165, 1.54) is 18.7 Å². The first-order valence-corrected chi connectivity index (χ1v) is 7.50. The second kappa shape index (κ2) is 6.13. The van der Waals surface area contributed by atoms with Gasteiger partial charge in [0.1, 0.15) is 4.38 Å². The highest BCUT2D eigenvalue weighted by molar-refractivity contribution is 8.46. The van der Waals surface area contributed by atoms with Crippen LogP contribution in [0.15, 0.2) is 28.1 Å². The van der Waals surface area contributed by atoms with Crippen molar-refractivity contribution in [2.24, 2.45) is 4.99 Å². The SMILES string of the molecule is CC(=O)SC1=NC(=O)/C(=C\c2ccc(Cl)cc2Cl)S1. The summed E-state index contributed by atoms with van der Waals surface area (Å²) in [4.78, 5) is 26.9. The zero-order chi connectivity index (χ0) is 14.0. The lowest BCUT2D eigenvalue weighted by Crippen LogP contribution is -1.88. The maximum Gasteiger partial charge on any atom is 0.285 e. The monoisotopic (exact) mass is 331 g/mol. The lowest BCUT2D eigenvalue weighted by molar-refractivity contribution is -0.113. The predicted molar refractivity (Wildman–Crippen MR) is 82.7 cm³/mol. The third kappa shape index (κ3) is 3.86. The van der Waals surface area contributed by atoms with E-state index >= 15 is 0 Å². The van der Waals surface area contributed by atoms with E-state index < -0.39 is 0 Å². The topological polar surface area (TPSA) is 46.5 Å². The summed E-state index contributed by atoms with van der Waals surface area (Å²) in [6.45, 7) is 1.43. The molecule has 0 atom stereocenters. The molecular weight excluding hydrogens is 325 g/mol. The number of amides is 1. The van der Waals surface area contributed by atoms with Gasteiger partial charge in [-0.25, -0.2) is 0 Å². The largest absolute Gasteiger partial charge is 0.287 e. The van der Waals surface area contributed by atoms with E-state index in [4.69, 9.17) is 23.2 Å². The van der Waals surface area contributed by atoms with Crippen molar-refractivity contribution in [3.63, 3.8) is 0 Å². The van der Waals surface area contributed by atoms with Crippen molar-refractivity contribution in [3.8, 4) is 0 Å². The van der Waals surface area contributed by atoms with Crippen LogP contribution in [0.2, 0.25) is 10.0 Å². The van der Waals surface area contributed by atoms with Gasteiger partial charge < -0.3 is 0 Å². The fraction of sp³-hybridized carbons (Fsp3) is 0.0833. The second-order valence-corrected chi connectivity index (χ2v) is 6.85. The third-order valence-electron chi connectivity index (χ3n) is 2.08. The summed E-state index contributed by atoms with van der Waals surface area (Å²) in [5.41, 5.74) is 0.686. The van der Waals surface area contributed by atoms with Crippen LogP contribution in [0.5, 0.6) is 0 Å². The molecule has 0 saturated carbocycles. The molecule has 7 heteroatoms. The molecule has 0 spiro atoms. The highest BCUT2D eigenvalue weighted by Gasteiger charge is 2.23. The normalized spacial score (nSPS) is 16.9. The van der Waals surface area contributed by atoms with Crippen molar-refractivity contribution in [2.75, 3.05) is 0 Å². The van der Waals surface area contributed by atoms with Crippen LogP contribution in [0, 0.1) is 0 Å². The molecule has 19 heavy (non-hydrogen) atoms. The van der Waals surface area contributed by atoms with Crippen molar-refractivity contribution in [2.45, 2.75) is 6.92 Å². The average Bonchev–Trinajstić information content (AvgIpc) is 2.62. The fourth-order valence-corrected chi connectivity index (χ4v) is 3.58. The molecule has 0 aliphatic carbocycles. The van der Waals surface area contributed by atoms with E-state index in [1.807, 2.05) is 0 Å². The number of carbonyl (C=O) groups is 2. The van der Waals surface area contributed by atoms with Gasteiger partial charge in [-0.2, -0.15) is 4.99 Å². The Hall–Kier alpha value is -0.750. The second-order valence-electron chi connectivity index (χ2n) is 3.55. The van der Waals surface area contributed by atoms with Crippen molar-refractivity contribution >= 4 is 68.2 Å². The summed E-state index contributed by atoms with van der Waals surface area (Å²) in [5.74, 6) is -0.361. The minimum atomic E-state index is -0.361. The smallest absolute Gasteiger partial charge is 0.285 e. The van der Waals surface area contributed by atoms with Crippen LogP contribution >= 0.6 is 46.7 Å². The Morgan fingerprint density at radius 1 is 1.42 bits per heavy atom. The number of nitrogens with zero attached hydrogens (tertiary/aromatic N) is 1. The number of rotatable bonds is 1. The van der Waals surface area contributed by atoms with Gasteiger partial charge in [0.15, 0.2) is 5.12 Å². The summed E-state index contributed by atoms with van der Waals surface area (Å²) < 4.78 is 0.439. The maximum absolute atomic E-state index is 11.7. The Morgan fingerprint density at radius 3 is 2.79 bits per heavy atom. The molecule has 0 saturated heterocycles. The van der Waals surface area contributed by atoms with Crippen LogP contribution in [0.1, 0.15) is 12.5 Å². The van der Waals surface area contributed by atoms with E-state index in [2.05, 4.69) is 4.99 Å². The fourth-order valence-electron chi connectivity index (χ4n) is 1.32. The van der Waals surface area contributed by atoms with Gasteiger partial charge in [-0.15, -0.1) is 0 Å². The summed E-state index contributed by atoms with van der Waals surface area (Å²) in [6.07, 6.45) is 1.64. The zero-order valence-electron chi connectivity index (χ0n) is 9.65. The Labute approximate surface area is 128 Å². The van der Waals surface area contributed by atoms with E-state index in [0.717, 1.165) is 11.8 Å². The van der Waals surface area contributed by atoms with Gasteiger partial charge in [-0.1, -0.05) is 41.0 Å². The Balaban J connectivity index is 2.22. The maximum atomic E-state index is 11.7. The molecule has 1 aliphatic heterocycles. The summed E-state index contributed by atoms with van der Waals surface area (Å²) in [6, 6.07) is 5.02. The van der Waals surface area contributed by atoms with Gasteiger partial charge in [0.2, 0.25) is 0 Å². The number of hydrogen-bond donors (Lipinski definition) is 0. The molecule has 0 radical (unpaired) electrons. The highest BCUT2D eigenvalue weighted by Crippen LogP contribution is 2.35. The Kier molecular flexibility index (Phi) is 4.73. The minimum absolute atomic E-state index is 0.107. The molecule has 1 aliphatic rings. The molecule has 1 amide bonds. The van der Waals surface area contributed by atoms with Gasteiger partial charge in [-0.3, -0.25) is 9.59 Å². The molecule has 0 fully saturated rings. The lowest BCUT2D eigenvalue weighted by Gasteiger charge is -2.00. The van der Waals surface area contributed by atoms with Crippen molar-refractivity contribution < 1.29 is 9.59 Å². The molecule has 1 aromatic carbocycles. The molecule has 2 rings (SSSR count). The van der Waals surface area contributed by atoms with Gasteiger partial charge in [0, 0.05) is 17.0 Å². The van der Waals surface area contributed by atoms with Crippen molar-refractivity contribution in [1.29, 1.82) is 0 Å². The summed E-state index contributed by atoms with van der Waals surface area (Å²) in [5, 5.41) is 0.882. The third-order valence-corrected chi connectivity index (χ3v) is 4.48. The summed E-state index contributed by atoms with van der Waals surface area (Å²) >= 11 is 13.9. The molecule has 0 unspecified atom stereocenters. The molecule has 1 aromatic rings. The first-order valence-electron chi connectivity index (χ1n) is 5.12. The Bertz CT molecular complexity index is 626. The predicted octanol–water partition coefficient (Wildman–Crippen LogP) is 4.24. The van der Waals surface area contributed by atoms with Crippen LogP contribution in [0.4, 0.5) is 0 Å². The first-order chi connectivity index (χ1) is 8.95. The van der Waals surface area contributed by atoms with Crippen molar-refractivity contribution in [1.82, 2.24) is 0 Å². The molecule has 98 valence electrons. The number of hydrogen-bond acceptors (Lipinski definition) is 4. The minimum Gasteiger partial charge on any atom is -0.287 e. The average molecular weight is 332 g/mol. The summed E-state index contributed by atoms with van der Waals surface area (Å²) in [7, 11) is 0. The Morgan fingerprint density at radius 2 is 2.16 bits per heavy atom. The zero-order valence-corrected chi connectivity index (χ0v) is 12.8. The number of benzene rings is 1. The van der Waals surface area contributed by atoms with E-state index in [9.17, 15) is 9.59 Å². The van der Waals surface area contributed by atoms with Crippen LogP contribution < -0.4 is 0 Å². The molecule has 3 nitrogen and oxygen atoms in total. The van der Waals surface area contributed by atoms with E-state index in [-0.39, 0.29) is 11.0 Å². The van der Waals surface area contributed by atoms with Gasteiger partial charge in [0.25, 0.3) is 5.91 Å². The number of carbonyl (C=O) groups excluding carboxylic acids is 2. The molecule has 1 heterocycles. The van der Waals surface area contributed by atoms with Gasteiger partial charge >= 0.3 is 0 Å².